The highest BCUT2D eigenvalue weighted by Gasteiger charge is 2.62. The fourth-order valence-corrected chi connectivity index (χ4v) is 5.07. The topological polar surface area (TPSA) is 72.9 Å². The van der Waals surface area contributed by atoms with Crippen LogP contribution in [0.25, 0.3) is 0 Å². The molecule has 0 radical (unpaired) electrons. The quantitative estimate of drug-likeness (QED) is 0.505. The fraction of sp³-hybridized carbons (Fsp3) is 0.231. The van der Waals surface area contributed by atoms with Gasteiger partial charge in [-0.2, -0.15) is 0 Å². The molecule has 0 saturated carbocycles. The number of aromatic hydroxyl groups is 1. The van der Waals surface area contributed by atoms with Gasteiger partial charge in [-0.3, -0.25) is 4.79 Å². The lowest BCUT2D eigenvalue weighted by Crippen LogP contribution is -2.67. The number of piperidine rings is 1. The molecule has 0 bridgehead atoms. The van der Waals surface area contributed by atoms with E-state index < -0.39 is 28.9 Å². The van der Waals surface area contributed by atoms with Gasteiger partial charge in [-0.15, -0.1) is 0 Å². The Labute approximate surface area is 199 Å². The maximum atomic E-state index is 13.5. The summed E-state index contributed by atoms with van der Waals surface area (Å²) in [6.07, 6.45) is 0.750. The predicted octanol–water partition coefficient (Wildman–Crippen LogP) is 5.21. The van der Waals surface area contributed by atoms with Crippen LogP contribution in [0.5, 0.6) is 5.75 Å². The lowest BCUT2D eigenvalue weighted by atomic mass is 9.62. The van der Waals surface area contributed by atoms with Crippen LogP contribution in [0.1, 0.15) is 24.4 Å². The molecule has 2 N–H and O–H groups in total. The van der Waals surface area contributed by atoms with E-state index in [2.05, 4.69) is 5.32 Å². The highest BCUT2D eigenvalue weighted by atomic mass is 19.1. The first kappa shape index (κ1) is 22.8. The summed E-state index contributed by atoms with van der Waals surface area (Å²) in [7, 11) is 0. The van der Waals surface area contributed by atoms with Crippen molar-refractivity contribution in [1.29, 1.82) is 0 Å². The average molecular weight is 481 g/mol. The highest BCUT2D eigenvalue weighted by Crippen LogP contribution is 2.57. The second kappa shape index (κ2) is 8.65. The van der Waals surface area contributed by atoms with Crippen LogP contribution in [0.15, 0.2) is 66.7 Å². The molecule has 0 aromatic heterocycles. The number of nitrogens with one attached hydrogen (secondary N) is 1. The summed E-state index contributed by atoms with van der Waals surface area (Å²) >= 11 is 0. The van der Waals surface area contributed by atoms with Crippen LogP contribution in [0.4, 0.5) is 29.3 Å². The molecule has 2 saturated heterocycles. The van der Waals surface area contributed by atoms with E-state index in [0.717, 1.165) is 23.8 Å². The van der Waals surface area contributed by atoms with E-state index in [4.69, 9.17) is 0 Å². The molecule has 5 rings (SSSR count). The Kier molecular flexibility index (Phi) is 5.62. The van der Waals surface area contributed by atoms with Crippen LogP contribution < -0.4 is 10.2 Å². The number of anilines is 2. The summed E-state index contributed by atoms with van der Waals surface area (Å²) in [6, 6.07) is 14.2. The molecule has 3 aromatic rings. The maximum absolute atomic E-state index is 13.5. The molecule has 3 aromatic carbocycles. The van der Waals surface area contributed by atoms with Gasteiger partial charge in [0.05, 0.1) is 11.5 Å². The van der Waals surface area contributed by atoms with E-state index >= 15 is 0 Å². The number of hydrogen-bond donors (Lipinski definition) is 2. The molecule has 35 heavy (non-hydrogen) atoms. The summed E-state index contributed by atoms with van der Waals surface area (Å²) in [5, 5.41) is 12.2. The van der Waals surface area contributed by atoms with Gasteiger partial charge < -0.3 is 20.2 Å². The first-order valence-corrected chi connectivity index (χ1v) is 11.2. The Bertz CT molecular complexity index is 1250. The van der Waals surface area contributed by atoms with Crippen molar-refractivity contribution in [1.82, 2.24) is 4.90 Å². The van der Waals surface area contributed by atoms with E-state index in [0.29, 0.717) is 18.5 Å². The van der Waals surface area contributed by atoms with Crippen LogP contribution in [0.3, 0.4) is 0 Å². The van der Waals surface area contributed by atoms with Crippen LogP contribution in [-0.4, -0.2) is 35.0 Å². The Balaban J connectivity index is 1.37. The van der Waals surface area contributed by atoms with E-state index in [1.165, 1.54) is 17.0 Å². The molecule has 1 unspecified atom stereocenters. The molecular weight excluding hydrogens is 459 g/mol. The number of halogens is 3. The molecule has 2 aliphatic heterocycles. The third-order valence-electron chi connectivity index (χ3n) is 6.80. The molecule has 3 amide bonds. The SMILES string of the molecule is O=C(Nc1cc(F)cc(F)c1)N1CCC2(CC1)C(=O)N(c1ccc(F)cc1)C2c1ccc(O)cc1. The summed E-state index contributed by atoms with van der Waals surface area (Å²) in [6.45, 7) is 0.530. The van der Waals surface area contributed by atoms with Crippen LogP contribution in [0.2, 0.25) is 0 Å². The van der Waals surface area contributed by atoms with Gasteiger partial charge >= 0.3 is 6.03 Å². The number of phenolic OH excluding ortho intramolecular Hbond substituents is 1. The molecule has 2 fully saturated rings. The number of phenols is 1. The van der Waals surface area contributed by atoms with Crippen molar-refractivity contribution in [2.45, 2.75) is 18.9 Å². The average Bonchev–Trinajstić information content (AvgIpc) is 2.83. The Morgan fingerprint density at radius 2 is 1.49 bits per heavy atom. The summed E-state index contributed by atoms with van der Waals surface area (Å²) in [5.74, 6) is -2.02. The summed E-state index contributed by atoms with van der Waals surface area (Å²) in [4.78, 5) is 29.3. The molecule has 0 aliphatic carbocycles. The number of hydrogen-bond acceptors (Lipinski definition) is 3. The van der Waals surface area contributed by atoms with Gasteiger partial charge in [0.1, 0.15) is 23.2 Å². The van der Waals surface area contributed by atoms with Crippen LogP contribution in [0, 0.1) is 22.9 Å². The second-order valence-electron chi connectivity index (χ2n) is 8.88. The van der Waals surface area contributed by atoms with Crippen LogP contribution in [-0.2, 0) is 4.79 Å². The number of nitrogens with zero attached hydrogens (tertiary/aromatic N) is 2. The Morgan fingerprint density at radius 1 is 0.886 bits per heavy atom. The number of carbonyl (C=O) groups excluding carboxylic acids is 2. The van der Waals surface area contributed by atoms with Crippen molar-refractivity contribution in [2.24, 2.45) is 5.41 Å². The van der Waals surface area contributed by atoms with Crippen molar-refractivity contribution < 1.29 is 27.9 Å². The number of urea groups is 1. The number of amides is 3. The Hall–Kier alpha value is -4.01. The minimum atomic E-state index is -0.796. The molecule has 1 atom stereocenters. The highest BCUT2D eigenvalue weighted by molar-refractivity contribution is 6.06. The zero-order chi connectivity index (χ0) is 24.7. The molecule has 6 nitrogen and oxygen atoms in total. The first-order chi connectivity index (χ1) is 16.8. The van der Waals surface area contributed by atoms with E-state index in [1.807, 2.05) is 0 Å². The van der Waals surface area contributed by atoms with E-state index in [9.17, 15) is 27.9 Å². The van der Waals surface area contributed by atoms with Gasteiger partial charge in [-0.1, -0.05) is 12.1 Å². The molecule has 2 aliphatic rings. The molecule has 9 heteroatoms. The molecule has 2 heterocycles. The van der Waals surface area contributed by atoms with Crippen molar-refractivity contribution in [3.05, 3.63) is 89.7 Å². The monoisotopic (exact) mass is 481 g/mol. The minimum Gasteiger partial charge on any atom is -0.508 e. The largest absolute Gasteiger partial charge is 0.508 e. The number of benzene rings is 3. The van der Waals surface area contributed by atoms with Gasteiger partial charge in [-0.25, -0.2) is 18.0 Å². The third-order valence-corrected chi connectivity index (χ3v) is 6.80. The van der Waals surface area contributed by atoms with Crippen LogP contribution >= 0.6 is 0 Å². The zero-order valence-corrected chi connectivity index (χ0v) is 18.5. The zero-order valence-electron chi connectivity index (χ0n) is 18.5. The first-order valence-electron chi connectivity index (χ1n) is 11.2. The van der Waals surface area contributed by atoms with Crippen molar-refractivity contribution in [3.63, 3.8) is 0 Å². The standard InChI is InChI=1S/C26H22F3N3O3/c27-17-3-5-21(6-4-17)32-23(16-1-7-22(33)8-2-16)26(24(32)34)9-11-31(12-10-26)25(35)30-20-14-18(28)13-19(29)15-20/h1-8,13-15,23,33H,9-12H2,(H,30,35). The maximum Gasteiger partial charge on any atom is 0.321 e. The lowest BCUT2D eigenvalue weighted by molar-refractivity contribution is -0.144. The number of likely N-dealkylation sites (tertiary alicyclic amines) is 1. The lowest BCUT2D eigenvalue weighted by Gasteiger charge is -2.59. The smallest absolute Gasteiger partial charge is 0.321 e. The third kappa shape index (κ3) is 4.07. The molecule has 1 spiro atoms. The van der Waals surface area contributed by atoms with Gasteiger partial charge in [0.2, 0.25) is 5.91 Å². The molecular formula is C26H22F3N3O3. The minimum absolute atomic E-state index is 0.0111. The van der Waals surface area contributed by atoms with Gasteiger partial charge in [0.25, 0.3) is 0 Å². The predicted molar refractivity (Wildman–Crippen MR) is 123 cm³/mol. The summed E-state index contributed by atoms with van der Waals surface area (Å²) in [5.41, 5.74) is 0.623. The number of β-lactam (4-membered cyclic amide) rings is 1. The number of carbonyl (C=O) groups is 2. The van der Waals surface area contributed by atoms with Gasteiger partial charge in [-0.05, 0) is 66.9 Å². The van der Waals surface area contributed by atoms with E-state index in [-0.39, 0.29) is 36.5 Å². The van der Waals surface area contributed by atoms with Crippen molar-refractivity contribution >= 4 is 23.3 Å². The second-order valence-corrected chi connectivity index (χ2v) is 8.88. The normalized spacial score (nSPS) is 18.9. The van der Waals surface area contributed by atoms with Crippen molar-refractivity contribution in [3.8, 4) is 5.75 Å². The van der Waals surface area contributed by atoms with Crippen molar-refractivity contribution in [2.75, 3.05) is 23.3 Å². The van der Waals surface area contributed by atoms with Gasteiger partial charge in [0, 0.05) is 30.5 Å². The van der Waals surface area contributed by atoms with E-state index in [1.54, 1.807) is 41.3 Å². The number of rotatable bonds is 3. The van der Waals surface area contributed by atoms with Gasteiger partial charge in [0.15, 0.2) is 0 Å². The molecule has 180 valence electrons. The fourth-order valence-electron chi connectivity index (χ4n) is 5.07. The Morgan fingerprint density at radius 3 is 2.09 bits per heavy atom. The summed E-state index contributed by atoms with van der Waals surface area (Å²) < 4.78 is 40.4.